The molecule has 0 aliphatic rings. The molecule has 0 unspecified atom stereocenters. The molecule has 0 fully saturated rings. The highest BCUT2D eigenvalue weighted by Gasteiger charge is 2.11. The number of halogens is 1. The van der Waals surface area contributed by atoms with Gasteiger partial charge in [0.25, 0.3) is 0 Å². The van der Waals surface area contributed by atoms with Crippen LogP contribution in [0.25, 0.3) is 11.4 Å². The zero-order chi connectivity index (χ0) is 13.8. The molecular weight excluding hydrogens is 258 g/mol. The number of aryl methyl sites for hydroxylation is 1. The fourth-order valence-electron chi connectivity index (χ4n) is 2.03. The molecule has 0 amide bonds. The molecule has 0 aliphatic carbocycles. The van der Waals surface area contributed by atoms with Gasteiger partial charge in [-0.25, -0.2) is 4.98 Å². The highest BCUT2D eigenvalue weighted by Crippen LogP contribution is 2.26. The summed E-state index contributed by atoms with van der Waals surface area (Å²) in [6, 6.07) is 6.45. The first-order chi connectivity index (χ1) is 9.11. The maximum atomic E-state index is 6.13. The van der Waals surface area contributed by atoms with Crippen LogP contribution in [-0.4, -0.2) is 15.6 Å². The molecule has 0 spiro atoms. The van der Waals surface area contributed by atoms with Crippen LogP contribution in [-0.2, 0) is 13.1 Å². The van der Waals surface area contributed by atoms with Crippen LogP contribution in [0, 0.1) is 0 Å². The van der Waals surface area contributed by atoms with Crippen LogP contribution in [0.2, 0.25) is 5.02 Å². The number of benzene rings is 1. The maximum absolute atomic E-state index is 6.13. The molecule has 2 aromatic rings. The zero-order valence-corrected chi connectivity index (χ0v) is 12.4. The number of aromatic nitrogens is 2. The van der Waals surface area contributed by atoms with E-state index < -0.39 is 0 Å². The van der Waals surface area contributed by atoms with E-state index in [-0.39, 0.29) is 0 Å². The van der Waals surface area contributed by atoms with Crippen LogP contribution in [0.5, 0.6) is 0 Å². The first kappa shape index (κ1) is 14.1. The van der Waals surface area contributed by atoms with Crippen molar-refractivity contribution in [2.24, 2.45) is 0 Å². The summed E-state index contributed by atoms with van der Waals surface area (Å²) in [7, 11) is 0. The fraction of sp³-hybridized carbons (Fsp3) is 0.400. The lowest BCUT2D eigenvalue weighted by atomic mass is 10.1. The third kappa shape index (κ3) is 3.37. The summed E-state index contributed by atoms with van der Waals surface area (Å²) < 4.78 is 2.13. The van der Waals surface area contributed by atoms with Gasteiger partial charge in [0, 0.05) is 42.1 Å². The first-order valence-corrected chi connectivity index (χ1v) is 7.03. The van der Waals surface area contributed by atoms with E-state index in [1.54, 1.807) is 0 Å². The smallest absolute Gasteiger partial charge is 0.140 e. The van der Waals surface area contributed by atoms with Crippen LogP contribution in [0.3, 0.4) is 0 Å². The largest absolute Gasteiger partial charge is 0.331 e. The second-order valence-electron chi connectivity index (χ2n) is 4.87. The average Bonchev–Trinajstić information content (AvgIpc) is 2.85. The van der Waals surface area contributed by atoms with E-state index >= 15 is 0 Å². The van der Waals surface area contributed by atoms with E-state index in [0.717, 1.165) is 29.5 Å². The summed E-state index contributed by atoms with van der Waals surface area (Å²) in [6.45, 7) is 8.12. The quantitative estimate of drug-likeness (QED) is 0.903. The molecule has 0 saturated heterocycles. The van der Waals surface area contributed by atoms with Crippen molar-refractivity contribution >= 4 is 11.6 Å². The lowest BCUT2D eigenvalue weighted by Crippen LogP contribution is -2.22. The van der Waals surface area contributed by atoms with Crippen LogP contribution >= 0.6 is 11.6 Å². The summed E-state index contributed by atoms with van der Waals surface area (Å²) in [5.41, 5.74) is 2.33. The molecule has 1 N–H and O–H groups in total. The molecule has 102 valence electrons. The van der Waals surface area contributed by atoms with Gasteiger partial charge in [-0.3, -0.25) is 0 Å². The second-order valence-corrected chi connectivity index (χ2v) is 5.31. The van der Waals surface area contributed by atoms with Crippen LogP contribution < -0.4 is 5.32 Å². The Morgan fingerprint density at radius 1 is 1.37 bits per heavy atom. The molecule has 0 saturated carbocycles. The van der Waals surface area contributed by atoms with Crippen LogP contribution in [0.1, 0.15) is 26.3 Å². The molecular formula is C15H20ClN3. The molecule has 0 atom stereocenters. The Balaban J connectivity index is 2.40. The van der Waals surface area contributed by atoms with Gasteiger partial charge >= 0.3 is 0 Å². The normalized spacial score (nSPS) is 11.2. The van der Waals surface area contributed by atoms with Gasteiger partial charge in [0.2, 0.25) is 0 Å². The van der Waals surface area contributed by atoms with Crippen molar-refractivity contribution in [3.8, 4) is 11.4 Å². The Labute approximate surface area is 119 Å². The Bertz CT molecular complexity index is 546. The number of nitrogens with zero attached hydrogens (tertiary/aromatic N) is 2. The standard InChI is InChI=1S/C15H20ClN3/c1-4-19-8-7-17-15(19)14-9-13(16)6-5-12(14)10-18-11(2)3/h5-9,11,18H,4,10H2,1-3H3. The molecule has 0 aliphatic heterocycles. The van der Waals surface area contributed by atoms with Crippen molar-refractivity contribution in [3.63, 3.8) is 0 Å². The van der Waals surface area contributed by atoms with Gasteiger partial charge in [-0.1, -0.05) is 31.5 Å². The van der Waals surface area contributed by atoms with Crippen molar-refractivity contribution in [1.82, 2.24) is 14.9 Å². The van der Waals surface area contributed by atoms with E-state index in [2.05, 4.69) is 41.7 Å². The highest BCUT2D eigenvalue weighted by atomic mass is 35.5. The average molecular weight is 278 g/mol. The van der Waals surface area contributed by atoms with E-state index in [1.165, 1.54) is 5.56 Å². The highest BCUT2D eigenvalue weighted by molar-refractivity contribution is 6.30. The Morgan fingerprint density at radius 3 is 2.84 bits per heavy atom. The van der Waals surface area contributed by atoms with Crippen LogP contribution in [0.4, 0.5) is 0 Å². The van der Waals surface area contributed by atoms with Gasteiger partial charge in [0.1, 0.15) is 5.82 Å². The lowest BCUT2D eigenvalue weighted by Gasteiger charge is -2.14. The number of hydrogen-bond donors (Lipinski definition) is 1. The van der Waals surface area contributed by atoms with Gasteiger partial charge in [-0.05, 0) is 24.6 Å². The minimum Gasteiger partial charge on any atom is -0.331 e. The SMILES string of the molecule is CCn1ccnc1-c1cc(Cl)ccc1CNC(C)C. The number of rotatable bonds is 5. The number of nitrogens with one attached hydrogen (secondary N) is 1. The van der Waals surface area contributed by atoms with Crippen molar-refractivity contribution in [2.75, 3.05) is 0 Å². The van der Waals surface area contributed by atoms with Crippen molar-refractivity contribution in [1.29, 1.82) is 0 Å². The van der Waals surface area contributed by atoms with E-state index in [1.807, 2.05) is 24.5 Å². The number of imidazole rings is 1. The van der Waals surface area contributed by atoms with Gasteiger partial charge in [-0.15, -0.1) is 0 Å². The zero-order valence-electron chi connectivity index (χ0n) is 11.7. The Kier molecular flexibility index (Phi) is 4.61. The van der Waals surface area contributed by atoms with E-state index in [9.17, 15) is 0 Å². The van der Waals surface area contributed by atoms with Gasteiger partial charge < -0.3 is 9.88 Å². The number of hydrogen-bond acceptors (Lipinski definition) is 2. The second kappa shape index (κ2) is 6.22. The maximum Gasteiger partial charge on any atom is 0.140 e. The van der Waals surface area contributed by atoms with E-state index in [0.29, 0.717) is 6.04 Å². The Morgan fingerprint density at radius 2 is 2.16 bits per heavy atom. The Hall–Kier alpha value is -1.32. The lowest BCUT2D eigenvalue weighted by molar-refractivity contribution is 0.589. The third-order valence-corrected chi connectivity index (χ3v) is 3.30. The molecule has 0 radical (unpaired) electrons. The fourth-order valence-corrected chi connectivity index (χ4v) is 2.21. The molecule has 2 rings (SSSR count). The predicted octanol–water partition coefficient (Wildman–Crippen LogP) is 3.72. The topological polar surface area (TPSA) is 29.9 Å². The third-order valence-electron chi connectivity index (χ3n) is 3.07. The summed E-state index contributed by atoms with van der Waals surface area (Å²) >= 11 is 6.13. The minimum absolute atomic E-state index is 0.453. The summed E-state index contributed by atoms with van der Waals surface area (Å²) in [6.07, 6.45) is 3.83. The first-order valence-electron chi connectivity index (χ1n) is 6.65. The van der Waals surface area contributed by atoms with Crippen molar-refractivity contribution in [2.45, 2.75) is 39.9 Å². The summed E-state index contributed by atoms with van der Waals surface area (Å²) in [5.74, 6) is 0.977. The molecule has 3 nitrogen and oxygen atoms in total. The van der Waals surface area contributed by atoms with Crippen molar-refractivity contribution < 1.29 is 0 Å². The minimum atomic E-state index is 0.453. The van der Waals surface area contributed by atoms with Crippen LogP contribution in [0.15, 0.2) is 30.6 Å². The predicted molar refractivity (Wildman–Crippen MR) is 80.3 cm³/mol. The summed E-state index contributed by atoms with van der Waals surface area (Å²) in [5, 5.41) is 4.19. The molecule has 1 heterocycles. The summed E-state index contributed by atoms with van der Waals surface area (Å²) in [4.78, 5) is 4.46. The monoisotopic (exact) mass is 277 g/mol. The molecule has 4 heteroatoms. The molecule has 1 aromatic carbocycles. The van der Waals surface area contributed by atoms with Gasteiger partial charge in [-0.2, -0.15) is 0 Å². The molecule has 1 aromatic heterocycles. The van der Waals surface area contributed by atoms with E-state index in [4.69, 9.17) is 11.6 Å². The molecule has 0 bridgehead atoms. The van der Waals surface area contributed by atoms with Gasteiger partial charge in [0.15, 0.2) is 0 Å². The van der Waals surface area contributed by atoms with Gasteiger partial charge in [0.05, 0.1) is 0 Å². The van der Waals surface area contributed by atoms with Crippen molar-refractivity contribution in [3.05, 3.63) is 41.2 Å². The molecule has 19 heavy (non-hydrogen) atoms.